The summed E-state index contributed by atoms with van der Waals surface area (Å²) < 4.78 is 0. The Bertz CT molecular complexity index is 777. The fourth-order valence-electron chi connectivity index (χ4n) is 3.39. The summed E-state index contributed by atoms with van der Waals surface area (Å²) >= 11 is 0. The van der Waals surface area contributed by atoms with Crippen LogP contribution in [0.4, 0.5) is 5.69 Å². The normalized spacial score (nSPS) is 14.1. The Kier molecular flexibility index (Phi) is 10.5. The van der Waals surface area contributed by atoms with E-state index in [1.807, 2.05) is 36.1 Å². The van der Waals surface area contributed by atoms with Gasteiger partial charge in [0.05, 0.1) is 6.54 Å². The van der Waals surface area contributed by atoms with Crippen LogP contribution in [0.25, 0.3) is 0 Å². The molecule has 0 radical (unpaired) electrons. The van der Waals surface area contributed by atoms with E-state index < -0.39 is 0 Å². The van der Waals surface area contributed by atoms with Crippen molar-refractivity contribution in [1.29, 1.82) is 0 Å². The minimum absolute atomic E-state index is 0. The molecule has 0 saturated carbocycles. The molecule has 1 fully saturated rings. The van der Waals surface area contributed by atoms with Gasteiger partial charge in [-0.3, -0.25) is 4.79 Å². The number of hydrogen-bond acceptors (Lipinski definition) is 3. The molecule has 0 spiro atoms. The molecule has 2 aromatic carbocycles. The number of benzene rings is 2. The first-order valence-corrected chi connectivity index (χ1v) is 10.4. The standard InChI is InChI=1S/C23H31N5O.HI/c1-2-24-23(26-19-20-9-5-3-6-10-20)25-14-13-22(29)28-17-15-27(16-18-28)21-11-7-4-8-12-21;/h3-12H,2,13-19H2,1H3,(H2,24,25,26);1H. The highest BCUT2D eigenvalue weighted by Crippen LogP contribution is 2.15. The molecule has 1 aliphatic rings. The highest BCUT2D eigenvalue weighted by molar-refractivity contribution is 14.0. The largest absolute Gasteiger partial charge is 0.368 e. The second-order valence-corrected chi connectivity index (χ2v) is 7.06. The van der Waals surface area contributed by atoms with E-state index >= 15 is 0 Å². The molecule has 1 amide bonds. The van der Waals surface area contributed by atoms with Gasteiger partial charge < -0.3 is 20.4 Å². The zero-order valence-corrected chi connectivity index (χ0v) is 19.9. The van der Waals surface area contributed by atoms with Crippen LogP contribution in [0.1, 0.15) is 18.9 Å². The summed E-state index contributed by atoms with van der Waals surface area (Å²) in [6.07, 6.45) is 0.473. The van der Waals surface area contributed by atoms with Crippen LogP contribution in [-0.4, -0.2) is 56.0 Å². The Morgan fingerprint density at radius 1 is 0.933 bits per heavy atom. The van der Waals surface area contributed by atoms with E-state index in [0.29, 0.717) is 19.5 Å². The molecule has 162 valence electrons. The van der Waals surface area contributed by atoms with Gasteiger partial charge in [0.25, 0.3) is 0 Å². The lowest BCUT2D eigenvalue weighted by atomic mass is 10.2. The van der Waals surface area contributed by atoms with Crippen LogP contribution in [0.15, 0.2) is 65.7 Å². The van der Waals surface area contributed by atoms with E-state index in [1.165, 1.54) is 5.69 Å². The minimum atomic E-state index is 0. The number of amides is 1. The number of piperazine rings is 1. The predicted octanol–water partition coefficient (Wildman–Crippen LogP) is 3.10. The van der Waals surface area contributed by atoms with Gasteiger partial charge >= 0.3 is 0 Å². The molecule has 0 aromatic heterocycles. The number of nitrogens with one attached hydrogen (secondary N) is 2. The number of hydrogen-bond donors (Lipinski definition) is 2. The highest BCUT2D eigenvalue weighted by Gasteiger charge is 2.20. The molecule has 30 heavy (non-hydrogen) atoms. The van der Waals surface area contributed by atoms with Gasteiger partial charge in [0.15, 0.2) is 5.96 Å². The lowest BCUT2D eigenvalue weighted by Gasteiger charge is -2.36. The number of halogens is 1. The quantitative estimate of drug-likeness (QED) is 0.334. The molecule has 1 aliphatic heterocycles. The Labute approximate surface area is 196 Å². The first-order chi connectivity index (χ1) is 14.3. The van der Waals surface area contributed by atoms with Crippen molar-refractivity contribution in [3.8, 4) is 0 Å². The fraction of sp³-hybridized carbons (Fsp3) is 0.391. The van der Waals surface area contributed by atoms with Crippen LogP contribution >= 0.6 is 24.0 Å². The molecule has 1 heterocycles. The Balaban J connectivity index is 0.00000320. The molecule has 0 atom stereocenters. The van der Waals surface area contributed by atoms with Gasteiger partial charge in [0, 0.05) is 51.4 Å². The van der Waals surface area contributed by atoms with E-state index in [4.69, 9.17) is 0 Å². The maximum atomic E-state index is 12.6. The van der Waals surface area contributed by atoms with Crippen molar-refractivity contribution in [3.63, 3.8) is 0 Å². The molecule has 3 rings (SSSR count). The third-order valence-corrected chi connectivity index (χ3v) is 4.99. The zero-order chi connectivity index (χ0) is 20.3. The molecule has 1 saturated heterocycles. The van der Waals surface area contributed by atoms with Crippen molar-refractivity contribution in [2.24, 2.45) is 4.99 Å². The van der Waals surface area contributed by atoms with E-state index in [9.17, 15) is 4.79 Å². The summed E-state index contributed by atoms with van der Waals surface area (Å²) in [6.45, 7) is 7.33. The Morgan fingerprint density at radius 2 is 1.57 bits per heavy atom. The van der Waals surface area contributed by atoms with Crippen molar-refractivity contribution >= 4 is 41.5 Å². The molecule has 2 aromatic rings. The number of nitrogens with zero attached hydrogens (tertiary/aromatic N) is 3. The number of aliphatic imine (C=N–C) groups is 1. The van der Waals surface area contributed by atoms with Gasteiger partial charge in [-0.2, -0.15) is 0 Å². The molecular weight excluding hydrogens is 489 g/mol. The Morgan fingerprint density at radius 3 is 2.20 bits per heavy atom. The average Bonchev–Trinajstić information content (AvgIpc) is 2.79. The number of carbonyl (C=O) groups is 1. The number of anilines is 1. The second-order valence-electron chi connectivity index (χ2n) is 7.06. The first-order valence-electron chi connectivity index (χ1n) is 10.4. The third kappa shape index (κ3) is 7.51. The maximum absolute atomic E-state index is 12.6. The summed E-state index contributed by atoms with van der Waals surface area (Å²) in [5.41, 5.74) is 2.39. The fourth-order valence-corrected chi connectivity index (χ4v) is 3.39. The monoisotopic (exact) mass is 521 g/mol. The van der Waals surface area contributed by atoms with Crippen molar-refractivity contribution in [3.05, 3.63) is 66.2 Å². The summed E-state index contributed by atoms with van der Waals surface area (Å²) in [6, 6.07) is 20.5. The number of rotatable bonds is 7. The van der Waals surface area contributed by atoms with Crippen LogP contribution in [0.2, 0.25) is 0 Å². The van der Waals surface area contributed by atoms with Gasteiger partial charge in [-0.1, -0.05) is 48.5 Å². The zero-order valence-electron chi connectivity index (χ0n) is 17.6. The molecular formula is C23H32IN5O. The molecule has 2 N–H and O–H groups in total. The summed E-state index contributed by atoms with van der Waals surface area (Å²) in [5.74, 6) is 0.946. The van der Waals surface area contributed by atoms with E-state index in [0.717, 1.165) is 44.2 Å². The number of carbonyl (C=O) groups excluding carboxylic acids is 1. The van der Waals surface area contributed by atoms with E-state index in [1.54, 1.807) is 0 Å². The summed E-state index contributed by atoms with van der Waals surface area (Å²) in [7, 11) is 0. The topological polar surface area (TPSA) is 60.0 Å². The second kappa shape index (κ2) is 13.1. The lowest BCUT2D eigenvalue weighted by Crippen LogP contribution is -2.49. The van der Waals surface area contributed by atoms with Gasteiger partial charge in [-0.25, -0.2) is 4.99 Å². The van der Waals surface area contributed by atoms with Crippen LogP contribution in [0.5, 0.6) is 0 Å². The van der Waals surface area contributed by atoms with E-state index in [-0.39, 0.29) is 29.9 Å². The van der Waals surface area contributed by atoms with Gasteiger partial charge in [-0.05, 0) is 24.6 Å². The lowest BCUT2D eigenvalue weighted by molar-refractivity contribution is -0.131. The van der Waals surface area contributed by atoms with Gasteiger partial charge in [0.2, 0.25) is 5.91 Å². The minimum Gasteiger partial charge on any atom is -0.368 e. The van der Waals surface area contributed by atoms with Crippen molar-refractivity contribution in [1.82, 2.24) is 15.5 Å². The predicted molar refractivity (Wildman–Crippen MR) is 135 cm³/mol. The van der Waals surface area contributed by atoms with E-state index in [2.05, 4.69) is 56.9 Å². The van der Waals surface area contributed by atoms with Crippen LogP contribution < -0.4 is 15.5 Å². The highest BCUT2D eigenvalue weighted by atomic mass is 127. The number of guanidine groups is 1. The van der Waals surface area contributed by atoms with Crippen molar-refractivity contribution in [2.75, 3.05) is 44.2 Å². The first kappa shape index (κ1) is 24.0. The third-order valence-electron chi connectivity index (χ3n) is 4.99. The van der Waals surface area contributed by atoms with Crippen molar-refractivity contribution < 1.29 is 4.79 Å². The average molecular weight is 521 g/mol. The molecule has 0 aliphatic carbocycles. The smallest absolute Gasteiger partial charge is 0.224 e. The molecule has 7 heteroatoms. The molecule has 0 bridgehead atoms. The van der Waals surface area contributed by atoms with Crippen LogP contribution in [0.3, 0.4) is 0 Å². The SMILES string of the molecule is CCNC(=NCc1ccccc1)NCCC(=O)N1CCN(c2ccccc2)CC1.I. The summed E-state index contributed by atoms with van der Waals surface area (Å²) in [4.78, 5) is 21.5. The maximum Gasteiger partial charge on any atom is 0.224 e. The van der Waals surface area contributed by atoms with Crippen LogP contribution in [-0.2, 0) is 11.3 Å². The molecule has 0 unspecified atom stereocenters. The van der Waals surface area contributed by atoms with Gasteiger partial charge in [-0.15, -0.1) is 24.0 Å². The molecule has 6 nitrogen and oxygen atoms in total. The van der Waals surface area contributed by atoms with Crippen molar-refractivity contribution in [2.45, 2.75) is 19.9 Å². The van der Waals surface area contributed by atoms with Crippen LogP contribution in [0, 0.1) is 0 Å². The Hall–Kier alpha value is -2.29. The van der Waals surface area contributed by atoms with Gasteiger partial charge in [0.1, 0.15) is 0 Å². The summed E-state index contributed by atoms with van der Waals surface area (Å²) in [5, 5.41) is 6.51. The number of para-hydroxylation sites is 1.